The van der Waals surface area contributed by atoms with Gasteiger partial charge in [-0.1, -0.05) is 25.6 Å². The topological polar surface area (TPSA) is 99.2 Å². The first-order valence-electron chi connectivity index (χ1n) is 8.41. The molecule has 9 heteroatoms. The van der Waals surface area contributed by atoms with Crippen molar-refractivity contribution in [3.63, 3.8) is 0 Å². The van der Waals surface area contributed by atoms with Crippen molar-refractivity contribution in [2.45, 2.75) is 6.92 Å². The second-order valence-electron chi connectivity index (χ2n) is 5.58. The molecular weight excluding hydrogens is 386 g/mol. The van der Waals surface area contributed by atoms with Crippen LogP contribution in [0.15, 0.2) is 59.9 Å². The molecule has 0 unspecified atom stereocenters. The minimum absolute atomic E-state index is 0.210. The van der Waals surface area contributed by atoms with E-state index >= 15 is 0 Å². The van der Waals surface area contributed by atoms with Crippen LogP contribution in [0.4, 0.5) is 5.69 Å². The van der Waals surface area contributed by atoms with E-state index in [4.69, 9.17) is 9.47 Å². The van der Waals surface area contributed by atoms with Gasteiger partial charge >= 0.3 is 11.9 Å². The normalized spacial score (nSPS) is 15.0. The lowest BCUT2D eigenvalue weighted by atomic mass is 10.3. The van der Waals surface area contributed by atoms with Gasteiger partial charge in [-0.15, -0.1) is 0 Å². The molecule has 0 saturated heterocycles. The molecule has 0 aliphatic carbocycles. The zero-order chi connectivity index (χ0) is 20.7. The number of anilines is 1. The van der Waals surface area contributed by atoms with Gasteiger partial charge in [0.25, 0.3) is 0 Å². The SMILES string of the molecule is C=CC(=O)OCCOC(=O)/C(=C/C=C1\Oc2ccccc2N1C)S(=O)(=O)CC. The van der Waals surface area contributed by atoms with Gasteiger partial charge in [-0.3, -0.25) is 0 Å². The number of hydrogen-bond donors (Lipinski definition) is 0. The number of para-hydroxylation sites is 2. The largest absolute Gasteiger partial charge is 0.459 e. The van der Waals surface area contributed by atoms with E-state index in [9.17, 15) is 18.0 Å². The molecule has 8 nitrogen and oxygen atoms in total. The molecule has 0 bridgehead atoms. The molecule has 0 fully saturated rings. The number of allylic oxidation sites excluding steroid dienone is 2. The Kier molecular flexibility index (Phi) is 7.00. The number of benzene rings is 1. The monoisotopic (exact) mass is 407 g/mol. The average molecular weight is 407 g/mol. The Hall–Kier alpha value is -3.07. The number of nitrogens with zero attached hydrogens (tertiary/aromatic N) is 1. The Bertz CT molecular complexity index is 931. The van der Waals surface area contributed by atoms with E-state index in [1.807, 2.05) is 18.2 Å². The van der Waals surface area contributed by atoms with E-state index in [-0.39, 0.29) is 19.0 Å². The summed E-state index contributed by atoms with van der Waals surface area (Å²) >= 11 is 0. The Morgan fingerprint density at radius 3 is 2.54 bits per heavy atom. The lowest BCUT2D eigenvalue weighted by Crippen LogP contribution is -2.20. The zero-order valence-electron chi connectivity index (χ0n) is 15.6. The molecule has 1 aromatic rings. The smallest absolute Gasteiger partial charge is 0.349 e. The maximum atomic E-state index is 12.3. The fraction of sp³-hybridized carbons (Fsp3) is 0.263. The highest BCUT2D eigenvalue weighted by molar-refractivity contribution is 7.96. The fourth-order valence-corrected chi connectivity index (χ4v) is 3.17. The standard InChI is InChI=1S/C19H21NO7S/c1-4-18(21)25-12-13-26-19(22)16(28(23,24)5-2)10-11-17-20(3)14-8-6-7-9-15(14)27-17/h4,6-11H,1,5,12-13H2,2-3H3/b16-10-,17-11-. The fourth-order valence-electron chi connectivity index (χ4n) is 2.27. The number of esters is 2. The molecule has 28 heavy (non-hydrogen) atoms. The summed E-state index contributed by atoms with van der Waals surface area (Å²) in [6.07, 6.45) is 3.51. The number of rotatable bonds is 8. The maximum Gasteiger partial charge on any atom is 0.349 e. The molecule has 1 aliphatic heterocycles. The van der Waals surface area contributed by atoms with Crippen molar-refractivity contribution < 1.29 is 32.2 Å². The summed E-state index contributed by atoms with van der Waals surface area (Å²) in [5.41, 5.74) is 0.814. The van der Waals surface area contributed by atoms with Crippen molar-refractivity contribution in [3.05, 3.63) is 59.9 Å². The summed E-state index contributed by atoms with van der Waals surface area (Å²) in [5.74, 6) is -1.00. The van der Waals surface area contributed by atoms with Gasteiger partial charge in [0, 0.05) is 19.2 Å². The lowest BCUT2D eigenvalue weighted by Gasteiger charge is -2.11. The van der Waals surface area contributed by atoms with Crippen molar-refractivity contribution in [1.29, 1.82) is 0 Å². The van der Waals surface area contributed by atoms with Crippen molar-refractivity contribution in [1.82, 2.24) is 0 Å². The third-order valence-electron chi connectivity index (χ3n) is 3.79. The molecule has 0 N–H and O–H groups in total. The Balaban J connectivity index is 2.16. The van der Waals surface area contributed by atoms with Gasteiger partial charge in [-0.25, -0.2) is 18.0 Å². The predicted octanol–water partition coefficient (Wildman–Crippen LogP) is 1.95. The number of hydrogen-bond acceptors (Lipinski definition) is 8. The van der Waals surface area contributed by atoms with E-state index in [2.05, 4.69) is 11.3 Å². The molecule has 2 rings (SSSR count). The molecule has 0 radical (unpaired) electrons. The van der Waals surface area contributed by atoms with Crippen LogP contribution in [0.25, 0.3) is 0 Å². The van der Waals surface area contributed by atoms with Crippen LogP contribution >= 0.6 is 0 Å². The summed E-state index contributed by atoms with van der Waals surface area (Å²) in [6, 6.07) is 7.29. The summed E-state index contributed by atoms with van der Waals surface area (Å²) in [4.78, 5) is 24.4. The van der Waals surface area contributed by atoms with Crippen LogP contribution in [0.1, 0.15) is 6.92 Å². The Morgan fingerprint density at radius 2 is 1.89 bits per heavy atom. The van der Waals surface area contributed by atoms with E-state index in [0.29, 0.717) is 11.6 Å². The highest BCUT2D eigenvalue weighted by atomic mass is 32.2. The van der Waals surface area contributed by atoms with Gasteiger partial charge in [0.15, 0.2) is 26.4 Å². The van der Waals surface area contributed by atoms with Crippen molar-refractivity contribution in [2.75, 3.05) is 30.9 Å². The van der Waals surface area contributed by atoms with E-state index in [0.717, 1.165) is 17.8 Å². The number of sulfone groups is 1. The second-order valence-corrected chi connectivity index (χ2v) is 7.82. The summed E-state index contributed by atoms with van der Waals surface area (Å²) in [5, 5.41) is 0. The van der Waals surface area contributed by atoms with E-state index in [1.54, 1.807) is 18.0 Å². The molecule has 0 amide bonds. The number of carbonyl (C=O) groups excluding carboxylic acids is 2. The molecule has 0 spiro atoms. The lowest BCUT2D eigenvalue weighted by molar-refractivity contribution is -0.146. The molecule has 1 aliphatic rings. The number of fused-ring (bicyclic) bond motifs is 1. The highest BCUT2D eigenvalue weighted by Gasteiger charge is 2.26. The molecule has 150 valence electrons. The summed E-state index contributed by atoms with van der Waals surface area (Å²) in [6.45, 7) is 4.16. The van der Waals surface area contributed by atoms with Crippen LogP contribution < -0.4 is 9.64 Å². The third kappa shape index (κ3) is 5.01. The van der Waals surface area contributed by atoms with Crippen LogP contribution in [0.5, 0.6) is 5.75 Å². The van der Waals surface area contributed by atoms with Crippen LogP contribution in [0.2, 0.25) is 0 Å². The van der Waals surface area contributed by atoms with Crippen molar-refractivity contribution in [2.24, 2.45) is 0 Å². The van der Waals surface area contributed by atoms with Gasteiger partial charge < -0.3 is 19.1 Å². The van der Waals surface area contributed by atoms with Gasteiger partial charge in [0.05, 0.1) is 11.4 Å². The molecule has 0 saturated carbocycles. The second kappa shape index (κ2) is 9.23. The minimum Gasteiger partial charge on any atom is -0.459 e. The van der Waals surface area contributed by atoms with Crippen LogP contribution in [-0.4, -0.2) is 46.4 Å². The van der Waals surface area contributed by atoms with Crippen molar-refractivity contribution in [3.8, 4) is 5.75 Å². The third-order valence-corrected chi connectivity index (χ3v) is 5.53. The molecule has 1 heterocycles. The first kappa shape index (κ1) is 21.2. The number of ether oxygens (including phenoxy) is 3. The highest BCUT2D eigenvalue weighted by Crippen LogP contribution is 2.37. The van der Waals surface area contributed by atoms with Crippen LogP contribution in [0.3, 0.4) is 0 Å². The first-order chi connectivity index (χ1) is 13.3. The molecule has 0 aromatic heterocycles. The zero-order valence-corrected chi connectivity index (χ0v) is 16.4. The molecule has 1 aromatic carbocycles. The minimum atomic E-state index is -3.85. The maximum absolute atomic E-state index is 12.3. The first-order valence-corrected chi connectivity index (χ1v) is 10.1. The predicted molar refractivity (Wildman–Crippen MR) is 103 cm³/mol. The van der Waals surface area contributed by atoms with Crippen molar-refractivity contribution >= 4 is 27.5 Å². The van der Waals surface area contributed by atoms with Gasteiger partial charge in [0.1, 0.15) is 13.2 Å². The summed E-state index contributed by atoms with van der Waals surface area (Å²) in [7, 11) is -2.09. The molecular formula is C19H21NO7S. The van der Waals surface area contributed by atoms with Crippen LogP contribution in [-0.2, 0) is 28.9 Å². The van der Waals surface area contributed by atoms with Gasteiger partial charge in [-0.2, -0.15) is 0 Å². The van der Waals surface area contributed by atoms with Gasteiger partial charge in [0.2, 0.25) is 0 Å². The number of carbonyl (C=O) groups is 2. The summed E-state index contributed by atoms with van der Waals surface area (Å²) < 4.78 is 39.8. The van der Waals surface area contributed by atoms with E-state index < -0.39 is 26.7 Å². The Morgan fingerprint density at radius 1 is 1.21 bits per heavy atom. The van der Waals surface area contributed by atoms with E-state index in [1.165, 1.54) is 13.0 Å². The Labute approximate surface area is 163 Å². The quantitative estimate of drug-likeness (QED) is 0.366. The average Bonchev–Trinajstić information content (AvgIpc) is 3.01. The van der Waals surface area contributed by atoms with Crippen LogP contribution in [0, 0.1) is 0 Å². The molecule has 0 atom stereocenters. The van der Waals surface area contributed by atoms with Gasteiger partial charge in [-0.05, 0) is 18.2 Å².